The van der Waals surface area contributed by atoms with Crippen molar-refractivity contribution < 1.29 is 19.2 Å². The van der Waals surface area contributed by atoms with Crippen molar-refractivity contribution in [3.8, 4) is 0 Å². The van der Waals surface area contributed by atoms with Crippen LogP contribution in [0.1, 0.15) is 6.92 Å². The first kappa shape index (κ1) is 9.32. The van der Waals surface area contributed by atoms with Crippen molar-refractivity contribution in [2.75, 3.05) is 0 Å². The summed E-state index contributed by atoms with van der Waals surface area (Å²) in [7, 11) is 0. The van der Waals surface area contributed by atoms with Gasteiger partial charge in [-0.25, -0.2) is 4.90 Å². The summed E-state index contributed by atoms with van der Waals surface area (Å²) in [6.07, 6.45) is 2.11. The van der Waals surface area contributed by atoms with E-state index in [1.807, 2.05) is 5.32 Å². The zero-order valence-electron chi connectivity index (χ0n) is 7.73. The van der Waals surface area contributed by atoms with Crippen LogP contribution in [-0.4, -0.2) is 28.5 Å². The lowest BCUT2D eigenvalue weighted by Crippen LogP contribution is -2.34. The van der Waals surface area contributed by atoms with Crippen LogP contribution in [0.2, 0.25) is 0 Å². The van der Waals surface area contributed by atoms with E-state index < -0.39 is 23.6 Å². The van der Waals surface area contributed by atoms with Gasteiger partial charge in [-0.2, -0.15) is 0 Å². The van der Waals surface area contributed by atoms with Crippen molar-refractivity contribution in [3.63, 3.8) is 0 Å². The lowest BCUT2D eigenvalue weighted by atomic mass is 10.2. The second-order valence-electron chi connectivity index (χ2n) is 3.10. The van der Waals surface area contributed by atoms with Crippen molar-refractivity contribution >= 4 is 23.6 Å². The van der Waals surface area contributed by atoms with E-state index in [1.165, 1.54) is 6.92 Å². The molecule has 4 amide bonds. The van der Waals surface area contributed by atoms with Crippen LogP contribution in [0.3, 0.4) is 0 Å². The number of nitrogens with zero attached hydrogens (tertiary/aromatic N) is 1. The van der Waals surface area contributed by atoms with Crippen LogP contribution in [0.15, 0.2) is 23.4 Å². The Kier molecular flexibility index (Phi) is 1.79. The van der Waals surface area contributed by atoms with E-state index in [0.29, 0.717) is 4.90 Å². The molecular weight excluding hydrogens is 200 g/mol. The molecule has 2 aliphatic rings. The molecule has 0 saturated heterocycles. The molecule has 6 nitrogen and oxygen atoms in total. The van der Waals surface area contributed by atoms with Gasteiger partial charge in [0.2, 0.25) is 0 Å². The predicted octanol–water partition coefficient (Wildman–Crippen LogP) is -1.16. The Bertz CT molecular complexity index is 455. The quantitative estimate of drug-likeness (QED) is 0.548. The minimum Gasteiger partial charge on any atom is -0.287 e. The molecule has 1 N–H and O–H groups in total. The summed E-state index contributed by atoms with van der Waals surface area (Å²) in [5.41, 5.74) is -0.106. The number of hydrogen-bond donors (Lipinski definition) is 1. The second kappa shape index (κ2) is 2.88. The van der Waals surface area contributed by atoms with E-state index in [0.717, 1.165) is 12.2 Å². The Morgan fingerprint density at radius 3 is 1.93 bits per heavy atom. The number of carbonyl (C=O) groups is 4. The molecule has 0 aliphatic carbocycles. The summed E-state index contributed by atoms with van der Waals surface area (Å²) in [5.74, 6) is -2.52. The lowest BCUT2D eigenvalue weighted by molar-refractivity contribution is -0.137. The number of imide groups is 2. The van der Waals surface area contributed by atoms with Gasteiger partial charge < -0.3 is 0 Å². The minimum atomic E-state index is -0.720. The maximum atomic E-state index is 11.3. The van der Waals surface area contributed by atoms with E-state index in [9.17, 15) is 19.2 Å². The van der Waals surface area contributed by atoms with Crippen molar-refractivity contribution in [2.24, 2.45) is 0 Å². The standard InChI is InChI=1S/C9H6N2O4/c1-4-7(9(15)10-8(4)14)11-5(12)2-3-6(11)13/h2-3H,1H3,(H,10,14,15). The normalized spacial score (nSPS) is 20.7. The Balaban J connectivity index is 2.48. The van der Waals surface area contributed by atoms with Crippen molar-refractivity contribution in [2.45, 2.75) is 6.92 Å². The van der Waals surface area contributed by atoms with Gasteiger partial charge in [-0.3, -0.25) is 24.5 Å². The molecule has 0 spiro atoms. The smallest absolute Gasteiger partial charge is 0.275 e. The zero-order chi connectivity index (χ0) is 11.2. The molecule has 0 unspecified atom stereocenters. The highest BCUT2D eigenvalue weighted by Gasteiger charge is 2.38. The molecule has 15 heavy (non-hydrogen) atoms. The van der Waals surface area contributed by atoms with Gasteiger partial charge in [0, 0.05) is 17.7 Å². The van der Waals surface area contributed by atoms with Crippen LogP contribution >= 0.6 is 0 Å². The molecule has 0 aromatic carbocycles. The van der Waals surface area contributed by atoms with E-state index in [2.05, 4.69) is 0 Å². The number of rotatable bonds is 1. The summed E-state index contributed by atoms with van der Waals surface area (Å²) >= 11 is 0. The number of amides is 4. The molecule has 0 aromatic rings. The highest BCUT2D eigenvalue weighted by molar-refractivity contribution is 6.25. The summed E-state index contributed by atoms with van der Waals surface area (Å²) < 4.78 is 0. The molecule has 0 radical (unpaired) electrons. The van der Waals surface area contributed by atoms with Gasteiger partial charge in [-0.05, 0) is 6.92 Å². The first-order valence-electron chi connectivity index (χ1n) is 4.15. The molecule has 0 bridgehead atoms. The fraction of sp³-hybridized carbons (Fsp3) is 0.111. The van der Waals surface area contributed by atoms with Gasteiger partial charge in [0.15, 0.2) is 0 Å². The van der Waals surface area contributed by atoms with Gasteiger partial charge in [0.25, 0.3) is 23.6 Å². The number of carbonyl (C=O) groups excluding carboxylic acids is 4. The molecule has 0 aromatic heterocycles. The average Bonchev–Trinajstić information content (AvgIpc) is 2.59. The van der Waals surface area contributed by atoms with E-state index in [1.54, 1.807) is 0 Å². The molecule has 2 rings (SSSR count). The molecule has 0 atom stereocenters. The van der Waals surface area contributed by atoms with Crippen LogP contribution in [0, 0.1) is 0 Å². The van der Waals surface area contributed by atoms with Gasteiger partial charge in [-0.1, -0.05) is 0 Å². The highest BCUT2D eigenvalue weighted by atomic mass is 16.2. The topological polar surface area (TPSA) is 83.6 Å². The van der Waals surface area contributed by atoms with Gasteiger partial charge >= 0.3 is 0 Å². The molecular formula is C9H6N2O4. The van der Waals surface area contributed by atoms with Gasteiger partial charge in [-0.15, -0.1) is 0 Å². The summed E-state index contributed by atoms with van der Waals surface area (Å²) in [6.45, 7) is 1.38. The maximum Gasteiger partial charge on any atom is 0.275 e. The van der Waals surface area contributed by atoms with Crippen LogP contribution in [0.4, 0.5) is 0 Å². The van der Waals surface area contributed by atoms with E-state index in [-0.39, 0.29) is 11.3 Å². The largest absolute Gasteiger partial charge is 0.287 e. The molecule has 76 valence electrons. The van der Waals surface area contributed by atoms with Crippen LogP contribution < -0.4 is 5.32 Å². The third kappa shape index (κ3) is 1.18. The Labute approximate surface area is 84.2 Å². The Morgan fingerprint density at radius 2 is 1.53 bits per heavy atom. The fourth-order valence-corrected chi connectivity index (χ4v) is 1.42. The lowest BCUT2D eigenvalue weighted by Gasteiger charge is -2.13. The van der Waals surface area contributed by atoms with E-state index in [4.69, 9.17) is 0 Å². The number of nitrogens with one attached hydrogen (secondary N) is 1. The summed E-state index contributed by atoms with van der Waals surface area (Å²) in [4.78, 5) is 45.6. The predicted molar refractivity (Wildman–Crippen MR) is 46.8 cm³/mol. The molecule has 0 fully saturated rings. The van der Waals surface area contributed by atoms with Crippen molar-refractivity contribution in [1.82, 2.24) is 10.2 Å². The summed E-state index contributed by atoms with van der Waals surface area (Å²) in [6, 6.07) is 0. The fourth-order valence-electron chi connectivity index (χ4n) is 1.42. The molecule has 2 heterocycles. The molecule has 0 saturated carbocycles. The monoisotopic (exact) mass is 206 g/mol. The maximum absolute atomic E-state index is 11.3. The third-order valence-corrected chi connectivity index (χ3v) is 2.17. The van der Waals surface area contributed by atoms with Crippen molar-refractivity contribution in [3.05, 3.63) is 23.4 Å². The average molecular weight is 206 g/mol. The number of hydrogen-bond acceptors (Lipinski definition) is 4. The minimum absolute atomic E-state index is 0.0744. The summed E-state index contributed by atoms with van der Waals surface area (Å²) in [5, 5.41) is 2.01. The highest BCUT2D eigenvalue weighted by Crippen LogP contribution is 2.20. The van der Waals surface area contributed by atoms with Crippen LogP contribution in [0.5, 0.6) is 0 Å². The van der Waals surface area contributed by atoms with Crippen molar-refractivity contribution in [1.29, 1.82) is 0 Å². The Morgan fingerprint density at radius 1 is 1.00 bits per heavy atom. The van der Waals surface area contributed by atoms with Gasteiger partial charge in [0.1, 0.15) is 5.70 Å². The van der Waals surface area contributed by atoms with Crippen LogP contribution in [-0.2, 0) is 19.2 Å². The Hall–Kier alpha value is -2.24. The second-order valence-corrected chi connectivity index (χ2v) is 3.10. The molecule has 6 heteroatoms. The molecule has 2 aliphatic heterocycles. The van der Waals surface area contributed by atoms with Crippen LogP contribution in [0.25, 0.3) is 0 Å². The van der Waals surface area contributed by atoms with E-state index >= 15 is 0 Å². The SMILES string of the molecule is CC1=C(N2C(=O)C=CC2=O)C(=O)NC1=O. The third-order valence-electron chi connectivity index (χ3n) is 2.17. The first-order chi connectivity index (χ1) is 7.02. The first-order valence-corrected chi connectivity index (χ1v) is 4.15. The zero-order valence-corrected chi connectivity index (χ0v) is 7.73. The van der Waals surface area contributed by atoms with Gasteiger partial charge in [0.05, 0.1) is 0 Å².